The summed E-state index contributed by atoms with van der Waals surface area (Å²) in [4.78, 5) is 10.1. The maximum atomic E-state index is 7.95. The molecule has 0 fully saturated rings. The van der Waals surface area contributed by atoms with Gasteiger partial charge in [0, 0.05) is 39.0 Å². The first-order valence-corrected chi connectivity index (χ1v) is 17.4. The molecule has 0 radical (unpaired) electrons. The number of aryl methyl sites for hydroxylation is 2. The van der Waals surface area contributed by atoms with Gasteiger partial charge in [-0.05, 0) is 82.9 Å². The van der Waals surface area contributed by atoms with E-state index >= 15 is 0 Å². The maximum Gasteiger partial charge on any atom is 0.173 e. The SMILES string of the molecule is CCc1ccc(C(OC(c2cccs2)(c2cccs2)c2ccc(CC)s2)(c2cccs2)c2cccs2)s1. The third-order valence-corrected chi connectivity index (χ3v) is 13.0. The first-order valence-electron chi connectivity index (χ1n) is 12.2. The minimum Gasteiger partial charge on any atom is -0.335 e. The van der Waals surface area contributed by atoms with E-state index in [4.69, 9.17) is 4.74 Å². The summed E-state index contributed by atoms with van der Waals surface area (Å²) in [6.45, 7) is 4.46. The van der Waals surface area contributed by atoms with E-state index in [1.165, 1.54) is 39.0 Å². The van der Waals surface area contributed by atoms with E-state index in [0.717, 1.165) is 12.8 Å². The summed E-state index contributed by atoms with van der Waals surface area (Å²) < 4.78 is 7.95. The maximum absolute atomic E-state index is 7.95. The van der Waals surface area contributed by atoms with Crippen LogP contribution < -0.4 is 0 Å². The minimum absolute atomic E-state index is 0.731. The molecule has 0 aliphatic rings. The third kappa shape index (κ3) is 4.35. The number of hydrogen-bond acceptors (Lipinski definition) is 7. The monoisotopic (exact) mass is 594 g/mol. The summed E-state index contributed by atoms with van der Waals surface area (Å²) >= 11 is 10.9. The van der Waals surface area contributed by atoms with E-state index in [2.05, 4.69) is 108 Å². The number of hydrogen-bond donors (Lipinski definition) is 0. The second kappa shape index (κ2) is 10.7. The van der Waals surface area contributed by atoms with Crippen LogP contribution in [0.25, 0.3) is 0 Å². The van der Waals surface area contributed by atoms with Gasteiger partial charge in [0.25, 0.3) is 0 Å². The van der Waals surface area contributed by atoms with Crippen LogP contribution in [0.5, 0.6) is 0 Å². The zero-order valence-electron chi connectivity index (χ0n) is 20.5. The molecule has 0 spiro atoms. The molecule has 0 bridgehead atoms. The summed E-state index contributed by atoms with van der Waals surface area (Å²) in [7, 11) is 0. The highest BCUT2D eigenvalue weighted by atomic mass is 32.1. The summed E-state index contributed by atoms with van der Waals surface area (Å²) in [6.07, 6.45) is 2.03. The van der Waals surface area contributed by atoms with Gasteiger partial charge >= 0.3 is 0 Å². The van der Waals surface area contributed by atoms with Crippen molar-refractivity contribution in [3.63, 3.8) is 0 Å². The van der Waals surface area contributed by atoms with Gasteiger partial charge in [0.15, 0.2) is 11.2 Å². The van der Waals surface area contributed by atoms with Crippen molar-refractivity contribution in [2.75, 3.05) is 0 Å². The zero-order valence-corrected chi connectivity index (χ0v) is 25.4. The minimum atomic E-state index is -0.731. The summed E-state index contributed by atoms with van der Waals surface area (Å²) in [5.41, 5.74) is -1.46. The highest BCUT2D eigenvalue weighted by molar-refractivity contribution is 7.15. The fraction of sp³-hybridized carbons (Fsp3) is 0.200. The Hall–Kier alpha value is -1.84. The van der Waals surface area contributed by atoms with Gasteiger partial charge in [-0.1, -0.05) is 38.1 Å². The molecule has 6 aromatic rings. The lowest BCUT2D eigenvalue weighted by Gasteiger charge is -2.42. The largest absolute Gasteiger partial charge is 0.335 e. The number of thiophene rings is 6. The fourth-order valence-corrected chi connectivity index (χ4v) is 10.8. The molecule has 37 heavy (non-hydrogen) atoms. The van der Waals surface area contributed by atoms with Crippen LogP contribution in [0.1, 0.15) is 52.9 Å². The lowest BCUT2D eigenvalue weighted by atomic mass is 9.91. The molecule has 0 saturated carbocycles. The highest BCUT2D eigenvalue weighted by Crippen LogP contribution is 2.56. The van der Waals surface area contributed by atoms with Crippen LogP contribution in [0.15, 0.2) is 94.3 Å². The summed E-state index contributed by atoms with van der Waals surface area (Å²) in [5, 5.41) is 8.70. The van der Waals surface area contributed by atoms with Crippen molar-refractivity contribution < 1.29 is 4.74 Å². The molecular weight excluding hydrogens is 569 g/mol. The van der Waals surface area contributed by atoms with Crippen LogP contribution in [0.2, 0.25) is 0 Å². The van der Waals surface area contributed by atoms with Crippen LogP contribution in [0.3, 0.4) is 0 Å². The molecule has 0 aliphatic carbocycles. The summed E-state index contributed by atoms with van der Waals surface area (Å²) in [5.74, 6) is 0. The molecule has 0 amide bonds. The van der Waals surface area contributed by atoms with Crippen LogP contribution in [0, 0.1) is 0 Å². The smallest absolute Gasteiger partial charge is 0.173 e. The predicted octanol–water partition coefficient (Wildman–Crippen LogP) is 10.5. The molecule has 6 aromatic heterocycles. The van der Waals surface area contributed by atoms with Gasteiger partial charge in [0.1, 0.15) is 0 Å². The van der Waals surface area contributed by atoms with Crippen molar-refractivity contribution in [2.45, 2.75) is 37.9 Å². The Balaban J connectivity index is 1.70. The van der Waals surface area contributed by atoms with Crippen molar-refractivity contribution in [3.05, 3.63) is 133 Å². The summed E-state index contributed by atoms with van der Waals surface area (Å²) in [6, 6.07) is 26.7. The van der Waals surface area contributed by atoms with Crippen LogP contribution >= 0.6 is 68.0 Å². The Kier molecular flexibility index (Phi) is 7.38. The van der Waals surface area contributed by atoms with Gasteiger partial charge in [-0.3, -0.25) is 0 Å². The van der Waals surface area contributed by atoms with E-state index < -0.39 is 11.2 Å². The van der Waals surface area contributed by atoms with Crippen molar-refractivity contribution in [2.24, 2.45) is 0 Å². The third-order valence-electron chi connectivity index (χ3n) is 6.49. The first kappa shape index (κ1) is 25.4. The van der Waals surface area contributed by atoms with Gasteiger partial charge < -0.3 is 4.74 Å². The van der Waals surface area contributed by atoms with Gasteiger partial charge in [-0.25, -0.2) is 0 Å². The molecule has 6 rings (SSSR count). The average molecular weight is 595 g/mol. The topological polar surface area (TPSA) is 9.23 Å². The van der Waals surface area contributed by atoms with E-state index in [-0.39, 0.29) is 0 Å². The van der Waals surface area contributed by atoms with Crippen LogP contribution in [-0.2, 0) is 28.8 Å². The molecule has 0 aromatic carbocycles. The zero-order chi connectivity index (χ0) is 25.3. The Labute approximate surface area is 242 Å². The van der Waals surface area contributed by atoms with Crippen molar-refractivity contribution in [1.82, 2.24) is 0 Å². The van der Waals surface area contributed by atoms with E-state index in [1.807, 2.05) is 22.7 Å². The van der Waals surface area contributed by atoms with Gasteiger partial charge in [-0.15, -0.1) is 68.0 Å². The molecule has 7 heteroatoms. The Bertz CT molecular complexity index is 1330. The second-order valence-electron chi connectivity index (χ2n) is 8.61. The number of ether oxygens (including phenoxy) is 1. The predicted molar refractivity (Wildman–Crippen MR) is 166 cm³/mol. The molecule has 1 nitrogen and oxygen atoms in total. The molecule has 0 aliphatic heterocycles. The van der Waals surface area contributed by atoms with Gasteiger partial charge in [-0.2, -0.15) is 0 Å². The Morgan fingerprint density at radius 2 is 0.838 bits per heavy atom. The normalized spacial score (nSPS) is 12.4. The molecule has 0 saturated heterocycles. The number of rotatable bonds is 10. The van der Waals surface area contributed by atoms with E-state index in [0.29, 0.717) is 0 Å². The first-order chi connectivity index (χ1) is 18.2. The molecule has 0 atom stereocenters. The highest BCUT2D eigenvalue weighted by Gasteiger charge is 2.52. The fourth-order valence-electron chi connectivity index (χ4n) is 4.69. The Morgan fingerprint density at radius 3 is 1.08 bits per heavy atom. The van der Waals surface area contributed by atoms with Gasteiger partial charge in [0.05, 0.1) is 0 Å². The van der Waals surface area contributed by atoms with Crippen molar-refractivity contribution >= 4 is 68.0 Å². The van der Waals surface area contributed by atoms with Crippen LogP contribution in [-0.4, -0.2) is 0 Å². The molecule has 0 unspecified atom stereocenters. The lowest BCUT2D eigenvalue weighted by Crippen LogP contribution is -2.42. The Morgan fingerprint density at radius 1 is 0.486 bits per heavy atom. The van der Waals surface area contributed by atoms with Crippen molar-refractivity contribution in [1.29, 1.82) is 0 Å². The van der Waals surface area contributed by atoms with Gasteiger partial charge in [0.2, 0.25) is 0 Å². The molecule has 188 valence electrons. The second-order valence-corrected chi connectivity index (χ2v) is 14.7. The van der Waals surface area contributed by atoms with E-state index in [9.17, 15) is 0 Å². The van der Waals surface area contributed by atoms with Crippen molar-refractivity contribution in [3.8, 4) is 0 Å². The van der Waals surface area contributed by atoms with E-state index in [1.54, 1.807) is 45.3 Å². The molecule has 0 N–H and O–H groups in total. The van der Waals surface area contributed by atoms with Crippen LogP contribution in [0.4, 0.5) is 0 Å². The quantitative estimate of drug-likeness (QED) is 0.153. The molecular formula is C30H26OS6. The molecule has 6 heterocycles. The standard InChI is InChI=1S/C30H26OS6/c1-3-21-13-15-27(36-21)29(23-9-5-17-32-23,24-10-6-18-33-24)31-30(25-11-7-19-34-25,26-12-8-20-35-26)28-16-14-22(4-2)37-28/h5-20H,3-4H2,1-2H3. The average Bonchev–Trinajstić information content (AvgIpc) is 3.77. The lowest BCUT2D eigenvalue weighted by molar-refractivity contribution is -0.0696.